The molecule has 7 rings (SSSR count). The molecule has 2 aliphatic carbocycles. The van der Waals surface area contributed by atoms with E-state index >= 15 is 8.78 Å². The summed E-state index contributed by atoms with van der Waals surface area (Å²) in [5, 5.41) is 10.1. The molecule has 0 radical (unpaired) electrons. The summed E-state index contributed by atoms with van der Waals surface area (Å²) in [6, 6.07) is 8.36. The zero-order chi connectivity index (χ0) is 42.3. The van der Waals surface area contributed by atoms with E-state index in [0.29, 0.717) is 15.4 Å². The molecular formula is C39H33F10N7OS. The summed E-state index contributed by atoms with van der Waals surface area (Å²) in [6.07, 6.45) is -8.48. The maximum absolute atomic E-state index is 15.6. The highest BCUT2D eigenvalue weighted by atomic mass is 32.2. The lowest BCUT2D eigenvalue weighted by Gasteiger charge is -2.23. The van der Waals surface area contributed by atoms with Crippen molar-refractivity contribution in [2.75, 3.05) is 12.0 Å². The summed E-state index contributed by atoms with van der Waals surface area (Å²) in [7, 11) is 0. The standard InChI is InChI=1S/C39H33F10N7OS/c1-18-28-29-33(39(47,48)49)53-55(34(29)38(45,46)30(18)28)16-27(57)52-26(14-19-12-20(40)15-21(41)13-19)31-23(9-8-22(51-31)10-11-36(2,3)58-4)24-6-5-7-25-32(24)56(54-35(25)50)17-37(42,43)44/h5-9,12-13,15,18,26,28,30H,14,16-17H2,1-4H3,(H2,50,54)(H,52,57). The molecule has 2 aliphatic rings. The van der Waals surface area contributed by atoms with Crippen molar-refractivity contribution in [3.05, 3.63) is 94.1 Å². The van der Waals surface area contributed by atoms with E-state index in [1.807, 2.05) is 20.1 Å². The molecule has 1 amide bonds. The van der Waals surface area contributed by atoms with E-state index in [2.05, 4.69) is 32.3 Å². The summed E-state index contributed by atoms with van der Waals surface area (Å²) < 4.78 is 145. The monoisotopic (exact) mass is 837 g/mol. The molecule has 0 aliphatic heterocycles. The van der Waals surface area contributed by atoms with Crippen LogP contribution in [0.3, 0.4) is 0 Å². The highest BCUT2D eigenvalue weighted by molar-refractivity contribution is 8.00. The van der Waals surface area contributed by atoms with Crippen molar-refractivity contribution in [3.8, 4) is 23.0 Å². The lowest BCUT2D eigenvalue weighted by Crippen LogP contribution is -2.35. The van der Waals surface area contributed by atoms with E-state index < -0.39 is 101 Å². The number of rotatable bonds is 9. The Hall–Kier alpha value is -5.25. The number of alkyl halides is 8. The Morgan fingerprint density at radius 3 is 2.33 bits per heavy atom. The van der Waals surface area contributed by atoms with E-state index in [1.165, 1.54) is 49.0 Å². The van der Waals surface area contributed by atoms with Crippen LogP contribution in [0, 0.1) is 35.3 Å². The predicted octanol–water partition coefficient (Wildman–Crippen LogP) is 8.78. The van der Waals surface area contributed by atoms with E-state index in [0.717, 1.165) is 12.1 Å². The Morgan fingerprint density at radius 2 is 1.69 bits per heavy atom. The molecule has 19 heteroatoms. The Morgan fingerprint density at radius 1 is 1.00 bits per heavy atom. The van der Waals surface area contributed by atoms with Crippen LogP contribution < -0.4 is 11.1 Å². The highest BCUT2D eigenvalue weighted by Gasteiger charge is 2.72. The molecule has 0 saturated heterocycles. The van der Waals surface area contributed by atoms with Crippen LogP contribution in [0.2, 0.25) is 0 Å². The number of nitrogen functional groups attached to an aromatic ring is 1. The van der Waals surface area contributed by atoms with Crippen LogP contribution in [0.1, 0.15) is 66.6 Å². The zero-order valence-corrected chi connectivity index (χ0v) is 31.8. The van der Waals surface area contributed by atoms with Gasteiger partial charge in [-0.2, -0.15) is 45.3 Å². The number of aromatic nitrogens is 5. The lowest BCUT2D eigenvalue weighted by molar-refractivity contribution is -0.143. The molecule has 5 aromatic rings. The van der Waals surface area contributed by atoms with Crippen molar-refractivity contribution in [1.29, 1.82) is 0 Å². The van der Waals surface area contributed by atoms with E-state index in [9.17, 15) is 39.9 Å². The molecule has 3 N–H and O–H groups in total. The third-order valence-corrected chi connectivity index (χ3v) is 11.5. The summed E-state index contributed by atoms with van der Waals surface area (Å²) in [5.41, 5.74) is 2.89. The number of pyridine rings is 1. The fourth-order valence-electron chi connectivity index (χ4n) is 7.71. The van der Waals surface area contributed by atoms with Gasteiger partial charge in [0.2, 0.25) is 5.91 Å². The van der Waals surface area contributed by atoms with Crippen molar-refractivity contribution in [3.63, 3.8) is 0 Å². The Bertz CT molecular complexity index is 2490. The number of para-hydroxylation sites is 1. The number of halogens is 10. The van der Waals surface area contributed by atoms with Gasteiger partial charge < -0.3 is 11.1 Å². The van der Waals surface area contributed by atoms with Crippen molar-refractivity contribution in [1.82, 2.24) is 29.9 Å². The first-order chi connectivity index (χ1) is 27.0. The third kappa shape index (κ3) is 7.70. The van der Waals surface area contributed by atoms with Crippen molar-refractivity contribution in [2.45, 2.75) is 75.3 Å². The molecular weight excluding hydrogens is 805 g/mol. The van der Waals surface area contributed by atoms with Gasteiger partial charge in [-0.3, -0.25) is 14.2 Å². The quantitative estimate of drug-likeness (QED) is 0.114. The minimum atomic E-state index is -5.11. The first-order valence-electron chi connectivity index (χ1n) is 17.7. The topological polar surface area (TPSA) is 104 Å². The maximum atomic E-state index is 15.6. The average Bonchev–Trinajstić information content (AvgIpc) is 3.35. The number of carbonyl (C=O) groups is 1. The summed E-state index contributed by atoms with van der Waals surface area (Å²) in [5.74, 6) is -4.38. The van der Waals surface area contributed by atoms with E-state index in [1.54, 1.807) is 0 Å². The zero-order valence-electron chi connectivity index (χ0n) is 31.0. The molecule has 0 spiro atoms. The summed E-state index contributed by atoms with van der Waals surface area (Å²) in [6.45, 7) is 2.40. The molecule has 58 heavy (non-hydrogen) atoms. The molecule has 4 unspecified atom stereocenters. The van der Waals surface area contributed by atoms with Gasteiger partial charge in [-0.15, -0.1) is 11.8 Å². The number of amides is 1. The van der Waals surface area contributed by atoms with Gasteiger partial charge in [0.1, 0.15) is 36.1 Å². The van der Waals surface area contributed by atoms with Crippen molar-refractivity contribution >= 4 is 34.4 Å². The Balaban J connectivity index is 1.39. The number of carbonyl (C=O) groups excluding carboxylic acids is 1. The minimum absolute atomic E-state index is 0.0416. The molecule has 1 fully saturated rings. The number of nitrogens with two attached hydrogens (primary N) is 1. The smallest absolute Gasteiger partial charge is 0.382 e. The number of thioether (sulfide) groups is 1. The second-order valence-corrected chi connectivity index (χ2v) is 16.3. The predicted molar refractivity (Wildman–Crippen MR) is 195 cm³/mol. The number of fused-ring (bicyclic) bond motifs is 4. The molecule has 306 valence electrons. The summed E-state index contributed by atoms with van der Waals surface area (Å²) in [4.78, 5) is 18.6. The van der Waals surface area contributed by atoms with Gasteiger partial charge in [-0.05, 0) is 74.3 Å². The first-order valence-corrected chi connectivity index (χ1v) is 18.9. The second-order valence-electron chi connectivity index (χ2n) is 14.9. The fourth-order valence-corrected chi connectivity index (χ4v) is 7.86. The van der Waals surface area contributed by atoms with Gasteiger partial charge in [-0.1, -0.05) is 25.0 Å². The normalized spacial score (nSPS) is 19.0. The van der Waals surface area contributed by atoms with Gasteiger partial charge in [0, 0.05) is 40.0 Å². The summed E-state index contributed by atoms with van der Waals surface area (Å²) >= 11 is 1.42. The van der Waals surface area contributed by atoms with E-state index in [4.69, 9.17) is 5.73 Å². The molecule has 8 nitrogen and oxygen atoms in total. The van der Waals surface area contributed by atoms with Gasteiger partial charge >= 0.3 is 12.4 Å². The minimum Gasteiger partial charge on any atom is -0.382 e. The Kier molecular flexibility index (Phi) is 10.0. The van der Waals surface area contributed by atoms with Gasteiger partial charge in [0.25, 0.3) is 5.92 Å². The van der Waals surface area contributed by atoms with Gasteiger partial charge in [-0.25, -0.2) is 13.8 Å². The number of anilines is 1. The molecule has 2 aromatic carbocycles. The molecule has 1 saturated carbocycles. The number of hydrogen-bond donors (Lipinski definition) is 2. The maximum Gasteiger partial charge on any atom is 0.435 e. The third-order valence-electron chi connectivity index (χ3n) is 10.4. The van der Waals surface area contributed by atoms with Crippen LogP contribution in [0.4, 0.5) is 49.7 Å². The van der Waals surface area contributed by atoms with Gasteiger partial charge in [0.15, 0.2) is 11.5 Å². The van der Waals surface area contributed by atoms with Crippen LogP contribution in [-0.4, -0.2) is 47.6 Å². The number of benzene rings is 2. The van der Waals surface area contributed by atoms with E-state index in [-0.39, 0.29) is 44.8 Å². The average molecular weight is 838 g/mol. The molecule has 3 heterocycles. The van der Waals surface area contributed by atoms with Crippen LogP contribution in [-0.2, 0) is 36.4 Å². The number of nitrogens with zero attached hydrogens (tertiary/aromatic N) is 5. The number of hydrogen-bond acceptors (Lipinski definition) is 6. The van der Waals surface area contributed by atoms with Crippen LogP contribution in [0.15, 0.2) is 48.5 Å². The first kappa shape index (κ1) is 40.9. The van der Waals surface area contributed by atoms with Gasteiger partial charge in [0.05, 0.1) is 22.0 Å². The largest absolute Gasteiger partial charge is 0.435 e. The van der Waals surface area contributed by atoms with Crippen LogP contribution in [0.5, 0.6) is 0 Å². The fraction of sp³-hybridized carbons (Fsp3) is 0.385. The van der Waals surface area contributed by atoms with Crippen LogP contribution >= 0.6 is 11.8 Å². The highest BCUT2D eigenvalue weighted by Crippen LogP contribution is 2.71. The Labute approximate surface area is 328 Å². The molecule has 0 bridgehead atoms. The lowest BCUT2D eigenvalue weighted by atomic mass is 9.93. The van der Waals surface area contributed by atoms with Crippen molar-refractivity contribution < 1.29 is 48.7 Å². The molecule has 3 aromatic heterocycles. The SMILES string of the molecule is CSC(C)(C)C#Cc1ccc(-c2cccc3c(N)nn(CC(F)(F)F)c23)c(C(Cc2cc(F)cc(F)c2)NC(=O)Cn2nc(C(F)(F)F)c3c2C(F)(F)C2C(C)C32)n1. The van der Waals surface area contributed by atoms with Crippen LogP contribution in [0.25, 0.3) is 22.0 Å². The number of nitrogens with one attached hydrogen (secondary N) is 1. The van der Waals surface area contributed by atoms with Crippen molar-refractivity contribution in [2.24, 2.45) is 11.8 Å². The second kappa shape index (κ2) is 14.2. The molecule has 4 atom stereocenters.